The van der Waals surface area contributed by atoms with Crippen LogP contribution < -0.4 is 5.19 Å². The van der Waals surface area contributed by atoms with Crippen LogP contribution in [0.5, 0.6) is 0 Å². The van der Waals surface area contributed by atoms with E-state index in [1.54, 1.807) is 0 Å². The number of halogens is 1. The quantitative estimate of drug-likeness (QED) is 0.106. The van der Waals surface area contributed by atoms with Crippen molar-refractivity contribution in [3.05, 3.63) is 167 Å². The van der Waals surface area contributed by atoms with E-state index in [0.717, 1.165) is 80.0 Å². The average molecular weight is 1140 g/mol. The molecule has 6 heterocycles. The van der Waals surface area contributed by atoms with Crippen molar-refractivity contribution in [2.24, 2.45) is 5.92 Å². The second kappa shape index (κ2) is 20.1. The van der Waals surface area contributed by atoms with Gasteiger partial charge >= 0.3 is 0 Å². The zero-order valence-corrected chi connectivity index (χ0v) is 44.7. The summed E-state index contributed by atoms with van der Waals surface area (Å²) in [6, 6.07) is 36.8. The maximum atomic E-state index is 14.7. The number of aryl methyl sites for hydroxylation is 5. The van der Waals surface area contributed by atoms with Crippen LogP contribution in [0.2, 0.25) is 19.6 Å². The Balaban J connectivity index is 0.000000235. The van der Waals surface area contributed by atoms with Crippen LogP contribution in [0, 0.1) is 44.6 Å². The van der Waals surface area contributed by atoms with Crippen molar-refractivity contribution in [2.45, 2.75) is 112 Å². The van der Waals surface area contributed by atoms with Gasteiger partial charge in [0.25, 0.3) is 0 Å². The number of rotatable bonds is 9. The number of aromatic nitrogens is 6. The molecule has 0 N–H and O–H groups in total. The van der Waals surface area contributed by atoms with E-state index in [0.29, 0.717) is 23.4 Å². The van der Waals surface area contributed by atoms with Gasteiger partial charge in [0.05, 0.1) is 36.0 Å². The normalized spacial score (nSPS) is 14.9. The minimum absolute atomic E-state index is 0. The Morgan fingerprint density at radius 2 is 1.58 bits per heavy atom. The number of hydrogen-bond acceptors (Lipinski definition) is 6. The molecule has 1 aliphatic carbocycles. The molecule has 7 nitrogen and oxygen atoms in total. The number of nitrogens with zero attached hydrogens (tertiary/aromatic N) is 6. The van der Waals surface area contributed by atoms with Gasteiger partial charge < -0.3 is 19.0 Å². The summed E-state index contributed by atoms with van der Waals surface area (Å²) in [4.78, 5) is 24.0. The monoisotopic (exact) mass is 1140 g/mol. The van der Waals surface area contributed by atoms with Crippen molar-refractivity contribution in [1.29, 1.82) is 0 Å². The van der Waals surface area contributed by atoms with E-state index in [9.17, 15) is 4.39 Å². The van der Waals surface area contributed by atoms with Gasteiger partial charge in [0.15, 0.2) is 0 Å². The summed E-state index contributed by atoms with van der Waals surface area (Å²) in [5.41, 5.74) is 11.9. The number of furan rings is 1. The Morgan fingerprint density at radius 1 is 0.803 bits per heavy atom. The second-order valence-corrected chi connectivity index (χ2v) is 25.9. The van der Waals surface area contributed by atoms with Gasteiger partial charge in [0.1, 0.15) is 0 Å². The summed E-state index contributed by atoms with van der Waals surface area (Å²) < 4.78 is 69.2. The molecule has 10 heteroatoms. The van der Waals surface area contributed by atoms with Crippen molar-refractivity contribution >= 4 is 57.3 Å². The predicted molar refractivity (Wildman–Crippen MR) is 288 cm³/mol. The number of benzene rings is 4. The SMILES string of the molecule is Cc1ccc2c(ccc3nc(-c4[c-]ncc5c4oc4nc(CC6CCCC6)ccc45)n(CCc4ccc(-c5ccccc5)cc4C(C)(C)C)c32)n1.[2H]C([2H])([2H])c1cc(-c2[c-]ccc(C([2H])([2H])[2H])c2F)ncc1[Si](C)(C)C.[Ir]. The Kier molecular flexibility index (Phi) is 12.0. The molecule has 0 bridgehead atoms. The Labute approximate surface area is 440 Å². The first-order valence-corrected chi connectivity index (χ1v) is 27.8. The molecule has 0 aliphatic heterocycles. The van der Waals surface area contributed by atoms with Crippen LogP contribution >= 0.6 is 0 Å². The first-order valence-electron chi connectivity index (χ1n) is 27.3. The number of pyridine rings is 4. The molecule has 1 aliphatic rings. The fourth-order valence-electron chi connectivity index (χ4n) is 10.1. The zero-order chi connectivity index (χ0) is 53.9. The van der Waals surface area contributed by atoms with Gasteiger partial charge in [-0.3, -0.25) is 14.4 Å². The first-order chi connectivity index (χ1) is 36.0. The number of imidazole rings is 1. The van der Waals surface area contributed by atoms with Gasteiger partial charge in [-0.25, -0.2) is 4.98 Å². The van der Waals surface area contributed by atoms with Crippen LogP contribution in [0.15, 0.2) is 120 Å². The van der Waals surface area contributed by atoms with Crippen molar-refractivity contribution in [1.82, 2.24) is 29.5 Å². The van der Waals surface area contributed by atoms with E-state index < -0.39 is 33.2 Å². The second-order valence-electron chi connectivity index (χ2n) is 20.8. The van der Waals surface area contributed by atoms with Gasteiger partial charge in [-0.1, -0.05) is 144 Å². The molecule has 0 spiro atoms. The maximum absolute atomic E-state index is 14.7. The van der Waals surface area contributed by atoms with Crippen molar-refractivity contribution in [2.75, 3.05) is 0 Å². The van der Waals surface area contributed by atoms with Crippen molar-refractivity contribution < 1.29 is 37.1 Å². The molecular weight excluding hydrogens is 1070 g/mol. The summed E-state index contributed by atoms with van der Waals surface area (Å²) in [5.74, 6) is 0.554. The molecule has 0 atom stereocenters. The number of fused-ring (bicyclic) bond motifs is 6. The third-order valence-electron chi connectivity index (χ3n) is 13.7. The van der Waals surface area contributed by atoms with E-state index in [4.69, 9.17) is 27.6 Å². The zero-order valence-electron chi connectivity index (χ0n) is 47.3. The molecule has 4 aromatic carbocycles. The molecule has 0 saturated heterocycles. The molecule has 10 aromatic rings. The van der Waals surface area contributed by atoms with Crippen LogP contribution in [-0.2, 0) is 44.9 Å². The summed E-state index contributed by atoms with van der Waals surface area (Å²) in [6.45, 7) is 10.7. The predicted octanol–water partition coefficient (Wildman–Crippen LogP) is 14.8. The third kappa shape index (κ3) is 10.2. The van der Waals surface area contributed by atoms with Crippen molar-refractivity contribution in [3.63, 3.8) is 0 Å². The van der Waals surface area contributed by atoms with E-state index in [-0.39, 0.29) is 42.3 Å². The largest absolute Gasteiger partial charge is 0.486 e. The molecule has 1 fully saturated rings. The van der Waals surface area contributed by atoms with E-state index in [2.05, 4.69) is 132 Å². The standard InChI is InChI=1S/C45H42N5O.C16H19FNSi.Ir/c1-28-14-18-35-39(47-28)20-21-40-41(35)50(23-22-31-15-16-32(25-38(31)45(2,3)4)30-12-6-5-7-13-30)43(49-40)37-27-46-26-36-34-19-17-33(24-29-10-8-9-11-29)48-44(34)51-42(36)37;1-11-7-6-8-13(16(11)17)14-9-12(2)15(10-18-14)19(3,4)5;/h5-7,12-21,25-26,29H,8-11,22-24H2,1-4H3;6-7,9-10H,1-5H3;/q2*-1;/i;1D3,2D3;. The minimum atomic E-state index is -2.61. The van der Waals surface area contributed by atoms with Crippen LogP contribution in [0.25, 0.3) is 77.8 Å². The van der Waals surface area contributed by atoms with Crippen LogP contribution in [-0.4, -0.2) is 37.6 Å². The fraction of sp³-hybridized carbons (Fsp3) is 0.295. The molecule has 1 saturated carbocycles. The summed E-state index contributed by atoms with van der Waals surface area (Å²) >= 11 is 0. The number of hydrogen-bond donors (Lipinski definition) is 0. The van der Waals surface area contributed by atoms with E-state index in [1.165, 1.54) is 66.3 Å². The molecule has 71 heavy (non-hydrogen) atoms. The smallest absolute Gasteiger partial charge is 0.216 e. The Bertz CT molecular complexity index is 3800. The summed E-state index contributed by atoms with van der Waals surface area (Å²) in [5, 5.41) is 3.66. The Morgan fingerprint density at radius 3 is 2.34 bits per heavy atom. The van der Waals surface area contributed by atoms with Gasteiger partial charge in [-0.05, 0) is 131 Å². The molecule has 0 unspecified atom stereocenters. The van der Waals surface area contributed by atoms with Gasteiger partial charge in [0.2, 0.25) is 5.71 Å². The molecule has 6 aromatic heterocycles. The maximum Gasteiger partial charge on any atom is 0.216 e. The van der Waals surface area contributed by atoms with Gasteiger partial charge in [0, 0.05) is 69.0 Å². The van der Waals surface area contributed by atoms with Crippen LogP contribution in [0.3, 0.4) is 0 Å². The molecule has 0 amide bonds. The van der Waals surface area contributed by atoms with Crippen LogP contribution in [0.4, 0.5) is 4.39 Å². The van der Waals surface area contributed by atoms with Crippen molar-refractivity contribution in [3.8, 4) is 33.8 Å². The topological polar surface area (TPSA) is 82.5 Å². The summed E-state index contributed by atoms with van der Waals surface area (Å²) in [6.07, 6.45) is 13.7. The average Bonchev–Trinajstić information content (AvgIpc) is 4.13. The molecular formula is C61H61FIrN6OSi-2. The minimum Gasteiger partial charge on any atom is -0.486 e. The van der Waals surface area contributed by atoms with Gasteiger partial charge in [-0.2, -0.15) is 0 Å². The Hall–Kier alpha value is -6.19. The molecule has 363 valence electrons. The van der Waals surface area contributed by atoms with Crippen LogP contribution in [0.1, 0.15) is 88.3 Å². The molecule has 11 rings (SSSR count). The summed E-state index contributed by atoms with van der Waals surface area (Å²) in [7, 11) is -1.98. The van der Waals surface area contributed by atoms with E-state index >= 15 is 0 Å². The van der Waals surface area contributed by atoms with Gasteiger partial charge in [-0.15, -0.1) is 18.2 Å². The third-order valence-corrected chi connectivity index (χ3v) is 15.7. The molecule has 1 radical (unpaired) electrons. The first kappa shape index (κ1) is 42.5. The van der Waals surface area contributed by atoms with E-state index in [1.807, 2.05) is 32.8 Å². The fourth-order valence-corrected chi connectivity index (χ4v) is 11.4.